The third-order valence-electron chi connectivity index (χ3n) is 6.54. The Balaban J connectivity index is 1.78. The molecule has 0 atom stereocenters. The number of nitrogens with zero attached hydrogens (tertiary/aromatic N) is 2. The number of rotatable bonds is 13. The smallest absolute Gasteiger partial charge is 0.358 e. The van der Waals surface area contributed by atoms with Crippen molar-refractivity contribution in [2.75, 3.05) is 6.61 Å². The molecule has 1 aromatic heterocycles. The zero-order chi connectivity index (χ0) is 24.1. The molecule has 182 valence electrons. The van der Waals surface area contributed by atoms with E-state index in [9.17, 15) is 4.79 Å². The normalized spacial score (nSPS) is 16.5. The minimum atomic E-state index is -0.389. The molecule has 1 aliphatic carbocycles. The number of carbonyl (C=O) groups is 1. The van der Waals surface area contributed by atoms with E-state index in [0.717, 1.165) is 24.1 Å². The molecule has 0 saturated carbocycles. The minimum absolute atomic E-state index is 0.232. The summed E-state index contributed by atoms with van der Waals surface area (Å²) in [6.45, 7) is 11.7. The highest BCUT2D eigenvalue weighted by molar-refractivity contribution is 5.86. The van der Waals surface area contributed by atoms with Crippen molar-refractivity contribution in [1.82, 2.24) is 9.97 Å². The van der Waals surface area contributed by atoms with Crippen LogP contribution in [0.15, 0.2) is 41.3 Å². The first kappa shape index (κ1) is 27.0. The van der Waals surface area contributed by atoms with E-state index in [1.165, 1.54) is 75.1 Å². The molecule has 0 radical (unpaired) electrons. The van der Waals surface area contributed by atoms with Crippen LogP contribution >= 0.6 is 0 Å². The predicted molar refractivity (Wildman–Crippen MR) is 138 cm³/mol. The van der Waals surface area contributed by atoms with Gasteiger partial charge in [-0.25, -0.2) is 9.78 Å². The second-order valence-corrected chi connectivity index (χ2v) is 10.1. The van der Waals surface area contributed by atoms with Crippen molar-refractivity contribution in [3.05, 3.63) is 52.7 Å². The van der Waals surface area contributed by atoms with Gasteiger partial charge >= 0.3 is 5.97 Å². The minimum Gasteiger partial charge on any atom is -0.461 e. The summed E-state index contributed by atoms with van der Waals surface area (Å²) in [6, 6.07) is 0. The Morgan fingerprint density at radius 3 is 2.39 bits per heavy atom. The van der Waals surface area contributed by atoms with Gasteiger partial charge in [0.15, 0.2) is 5.69 Å². The van der Waals surface area contributed by atoms with Gasteiger partial charge in [0.1, 0.15) is 0 Å². The van der Waals surface area contributed by atoms with Gasteiger partial charge in [0.05, 0.1) is 24.7 Å². The van der Waals surface area contributed by atoms with Crippen LogP contribution in [0, 0.1) is 5.41 Å². The Labute approximate surface area is 201 Å². The van der Waals surface area contributed by atoms with Crippen molar-refractivity contribution in [2.24, 2.45) is 5.41 Å². The second kappa shape index (κ2) is 14.1. The molecule has 33 heavy (non-hydrogen) atoms. The van der Waals surface area contributed by atoms with Gasteiger partial charge in [-0.05, 0) is 62.2 Å². The van der Waals surface area contributed by atoms with Crippen LogP contribution in [0.4, 0.5) is 0 Å². The van der Waals surface area contributed by atoms with Gasteiger partial charge in [-0.3, -0.25) is 4.98 Å². The molecule has 0 fully saturated rings. The van der Waals surface area contributed by atoms with Gasteiger partial charge in [-0.15, -0.1) is 0 Å². The van der Waals surface area contributed by atoms with E-state index in [-0.39, 0.29) is 17.1 Å². The molecule has 1 aliphatic rings. The number of allylic oxidation sites excluding steroid dienone is 5. The van der Waals surface area contributed by atoms with Crippen molar-refractivity contribution < 1.29 is 9.53 Å². The fraction of sp³-hybridized carbons (Fsp3) is 0.621. The topological polar surface area (TPSA) is 52.1 Å². The van der Waals surface area contributed by atoms with E-state index < -0.39 is 0 Å². The summed E-state index contributed by atoms with van der Waals surface area (Å²) in [5.41, 5.74) is 5.29. The number of carbonyl (C=O) groups excluding carboxylic acids is 1. The van der Waals surface area contributed by atoms with Crippen molar-refractivity contribution in [3.63, 3.8) is 0 Å². The van der Waals surface area contributed by atoms with Crippen LogP contribution in [0.3, 0.4) is 0 Å². The Bertz CT molecular complexity index is 832. The van der Waals surface area contributed by atoms with Crippen LogP contribution in [0.1, 0.15) is 121 Å². The molecule has 0 spiro atoms. The highest BCUT2D eigenvalue weighted by Gasteiger charge is 2.26. The molecular weight excluding hydrogens is 408 g/mol. The number of unbranched alkanes of at least 4 members (excludes halogenated alkanes) is 7. The number of hydrogen-bond donors (Lipinski definition) is 0. The van der Waals surface area contributed by atoms with Gasteiger partial charge < -0.3 is 4.74 Å². The lowest BCUT2D eigenvalue weighted by molar-refractivity contribution is 0.0490. The van der Waals surface area contributed by atoms with Gasteiger partial charge in [0.2, 0.25) is 0 Å². The first-order valence-electron chi connectivity index (χ1n) is 12.9. The molecule has 4 heteroatoms. The largest absolute Gasteiger partial charge is 0.461 e. The van der Waals surface area contributed by atoms with Crippen LogP contribution in [-0.2, 0) is 4.74 Å². The maximum atomic E-state index is 12.2. The molecule has 4 nitrogen and oxygen atoms in total. The Hall–Kier alpha value is -2.23. The zero-order valence-corrected chi connectivity index (χ0v) is 21.6. The maximum Gasteiger partial charge on any atom is 0.358 e. The summed E-state index contributed by atoms with van der Waals surface area (Å²) in [6.07, 6.45) is 23.0. The first-order chi connectivity index (χ1) is 15.8. The molecule has 0 N–H and O–H groups in total. The van der Waals surface area contributed by atoms with Gasteiger partial charge in [-0.1, -0.05) is 83.4 Å². The van der Waals surface area contributed by atoms with Crippen LogP contribution in [0.5, 0.6) is 0 Å². The molecule has 2 rings (SSSR count). The van der Waals surface area contributed by atoms with Crippen molar-refractivity contribution in [3.8, 4) is 0 Å². The maximum absolute atomic E-state index is 12.2. The molecule has 0 amide bonds. The van der Waals surface area contributed by atoms with Crippen molar-refractivity contribution in [2.45, 2.75) is 105 Å². The number of aromatic nitrogens is 2. The standard InChI is InChI=1S/C29H44N2O2/c1-6-7-8-9-10-11-12-13-19-33-28(32)27-22-30-25(21-31-27)20-23(2)16-17-26-24(3)15-14-18-29(26,4)5/h16-17,20-22H,6-15,18-19H2,1-5H3/b17-16?,23-20+. The van der Waals surface area contributed by atoms with Crippen LogP contribution in [0.25, 0.3) is 6.08 Å². The van der Waals surface area contributed by atoms with E-state index in [2.05, 4.69) is 56.7 Å². The lowest BCUT2D eigenvalue weighted by Crippen LogP contribution is -2.19. The van der Waals surface area contributed by atoms with Crippen LogP contribution < -0.4 is 0 Å². The highest BCUT2D eigenvalue weighted by atomic mass is 16.5. The fourth-order valence-electron chi connectivity index (χ4n) is 4.50. The third kappa shape index (κ3) is 9.65. The molecule has 1 heterocycles. The zero-order valence-electron chi connectivity index (χ0n) is 21.6. The summed E-state index contributed by atoms with van der Waals surface area (Å²) in [5, 5.41) is 0. The summed E-state index contributed by atoms with van der Waals surface area (Å²) < 4.78 is 5.36. The van der Waals surface area contributed by atoms with Gasteiger partial charge in [0.25, 0.3) is 0 Å². The Kier molecular flexibility index (Phi) is 11.6. The fourth-order valence-corrected chi connectivity index (χ4v) is 4.50. The van der Waals surface area contributed by atoms with E-state index >= 15 is 0 Å². The van der Waals surface area contributed by atoms with E-state index in [4.69, 9.17) is 4.74 Å². The van der Waals surface area contributed by atoms with Gasteiger partial charge in [0, 0.05) is 0 Å². The molecule has 0 unspecified atom stereocenters. The third-order valence-corrected chi connectivity index (χ3v) is 6.54. The lowest BCUT2D eigenvalue weighted by atomic mass is 9.72. The molecular formula is C29H44N2O2. The summed E-state index contributed by atoms with van der Waals surface area (Å²) in [5.74, 6) is -0.389. The number of hydrogen-bond acceptors (Lipinski definition) is 4. The second-order valence-electron chi connectivity index (χ2n) is 10.1. The Morgan fingerprint density at radius 1 is 1.06 bits per heavy atom. The van der Waals surface area contributed by atoms with E-state index in [1.807, 2.05) is 6.08 Å². The number of esters is 1. The van der Waals surface area contributed by atoms with Crippen molar-refractivity contribution >= 4 is 12.0 Å². The SMILES string of the molecule is CCCCCCCCCCOC(=O)c1cnc(/C=C(\C)C=CC2=C(C)CCCC2(C)C)cn1. The molecule has 0 saturated heterocycles. The first-order valence-corrected chi connectivity index (χ1v) is 12.9. The highest BCUT2D eigenvalue weighted by Crippen LogP contribution is 2.40. The van der Waals surface area contributed by atoms with E-state index in [0.29, 0.717) is 6.61 Å². The summed E-state index contributed by atoms with van der Waals surface area (Å²) in [7, 11) is 0. The summed E-state index contributed by atoms with van der Waals surface area (Å²) >= 11 is 0. The quantitative estimate of drug-likeness (QED) is 0.172. The predicted octanol–water partition coefficient (Wildman–Crippen LogP) is 8.26. The van der Waals surface area contributed by atoms with Crippen LogP contribution in [0.2, 0.25) is 0 Å². The molecule has 1 aromatic rings. The lowest BCUT2D eigenvalue weighted by Gasteiger charge is -2.32. The Morgan fingerprint density at radius 2 is 1.76 bits per heavy atom. The average Bonchev–Trinajstić information content (AvgIpc) is 2.77. The molecule has 0 aliphatic heterocycles. The molecule has 0 bridgehead atoms. The van der Waals surface area contributed by atoms with Crippen molar-refractivity contribution in [1.29, 1.82) is 0 Å². The molecule has 0 aromatic carbocycles. The van der Waals surface area contributed by atoms with Crippen LogP contribution in [-0.4, -0.2) is 22.5 Å². The van der Waals surface area contributed by atoms with Gasteiger partial charge in [-0.2, -0.15) is 0 Å². The monoisotopic (exact) mass is 452 g/mol. The van der Waals surface area contributed by atoms with E-state index in [1.54, 1.807) is 6.20 Å². The number of ether oxygens (including phenoxy) is 1. The summed E-state index contributed by atoms with van der Waals surface area (Å²) in [4.78, 5) is 20.8. The average molecular weight is 453 g/mol.